The van der Waals surface area contributed by atoms with Crippen LogP contribution in [0.25, 0.3) is 0 Å². The molecule has 2 aromatic carbocycles. The van der Waals surface area contributed by atoms with Crippen LogP contribution in [-0.4, -0.2) is 79.1 Å². The van der Waals surface area contributed by atoms with Crippen molar-refractivity contribution in [3.63, 3.8) is 0 Å². The van der Waals surface area contributed by atoms with Gasteiger partial charge in [0.15, 0.2) is 0 Å². The molecular formula is C25H26F6N4O3. The van der Waals surface area contributed by atoms with Crippen LogP contribution in [-0.2, 0) is 23.6 Å². The van der Waals surface area contributed by atoms with Crippen LogP contribution in [0.5, 0.6) is 0 Å². The summed E-state index contributed by atoms with van der Waals surface area (Å²) in [5.41, 5.74) is -2.07. The van der Waals surface area contributed by atoms with E-state index in [0.29, 0.717) is 37.3 Å². The second-order valence-electron chi connectivity index (χ2n) is 9.29. The van der Waals surface area contributed by atoms with Crippen LogP contribution in [0.15, 0.2) is 42.5 Å². The Balaban J connectivity index is 1.27. The summed E-state index contributed by atoms with van der Waals surface area (Å²) in [6.07, 6.45) is -9.98. The van der Waals surface area contributed by atoms with E-state index >= 15 is 0 Å². The molecule has 0 aliphatic carbocycles. The van der Waals surface area contributed by atoms with E-state index in [1.807, 2.05) is 6.07 Å². The summed E-state index contributed by atoms with van der Waals surface area (Å²) in [5, 5.41) is 2.17. The predicted molar refractivity (Wildman–Crippen MR) is 125 cm³/mol. The first-order chi connectivity index (χ1) is 17.8. The third-order valence-corrected chi connectivity index (χ3v) is 6.67. The third kappa shape index (κ3) is 6.57. The standard InChI is InChI=1S/C25H26F6N4O3/c1-38-22(36)17-4-2-3-16(9-17)13-33-5-7-34(8-6-33)21-14-35(15-21)23(37)32-20-11-18(24(26,27)28)10-19(12-20)25(29,30)31/h2-4,9-12,21H,5-8,13-15H2,1H3,(H,32,37). The monoisotopic (exact) mass is 544 g/mol. The lowest BCUT2D eigenvalue weighted by molar-refractivity contribution is -0.143. The fourth-order valence-corrected chi connectivity index (χ4v) is 4.54. The number of anilines is 1. The molecule has 1 N–H and O–H groups in total. The Morgan fingerprint density at radius 3 is 2.08 bits per heavy atom. The van der Waals surface area contributed by atoms with Crippen LogP contribution >= 0.6 is 0 Å². The van der Waals surface area contributed by atoms with Crippen molar-refractivity contribution in [1.29, 1.82) is 0 Å². The number of hydrogen-bond acceptors (Lipinski definition) is 5. The molecule has 38 heavy (non-hydrogen) atoms. The van der Waals surface area contributed by atoms with Gasteiger partial charge in [0.1, 0.15) is 0 Å². The Kier molecular flexibility index (Phi) is 7.88. The second kappa shape index (κ2) is 10.8. The lowest BCUT2D eigenvalue weighted by Crippen LogP contribution is -2.64. The quantitative estimate of drug-likeness (QED) is 0.442. The highest BCUT2D eigenvalue weighted by atomic mass is 19.4. The number of amides is 2. The summed E-state index contributed by atoms with van der Waals surface area (Å²) >= 11 is 0. The van der Waals surface area contributed by atoms with Crippen molar-refractivity contribution in [2.45, 2.75) is 24.9 Å². The second-order valence-corrected chi connectivity index (χ2v) is 9.29. The van der Waals surface area contributed by atoms with Gasteiger partial charge in [-0.1, -0.05) is 12.1 Å². The van der Waals surface area contributed by atoms with E-state index in [2.05, 4.69) is 15.1 Å². The third-order valence-electron chi connectivity index (χ3n) is 6.67. The first kappa shape index (κ1) is 27.7. The van der Waals surface area contributed by atoms with Crippen molar-refractivity contribution in [1.82, 2.24) is 14.7 Å². The highest BCUT2D eigenvalue weighted by Crippen LogP contribution is 2.37. The van der Waals surface area contributed by atoms with Crippen molar-refractivity contribution in [3.8, 4) is 0 Å². The molecule has 2 aliphatic heterocycles. The molecule has 2 aromatic rings. The minimum atomic E-state index is -4.99. The number of carbonyl (C=O) groups is 2. The Labute approximate surface area is 214 Å². The zero-order valence-electron chi connectivity index (χ0n) is 20.4. The Hall–Kier alpha value is -3.32. The van der Waals surface area contributed by atoms with E-state index in [1.165, 1.54) is 12.0 Å². The maximum atomic E-state index is 13.1. The largest absolute Gasteiger partial charge is 0.465 e. The summed E-state index contributed by atoms with van der Waals surface area (Å²) in [6, 6.07) is 7.52. The summed E-state index contributed by atoms with van der Waals surface area (Å²) in [6.45, 7) is 4.29. The molecule has 0 spiro atoms. The number of likely N-dealkylation sites (tertiary alicyclic amines) is 1. The van der Waals surface area contributed by atoms with Crippen LogP contribution in [0.4, 0.5) is 36.8 Å². The summed E-state index contributed by atoms with van der Waals surface area (Å²) in [4.78, 5) is 30.0. The van der Waals surface area contributed by atoms with Gasteiger partial charge in [-0.15, -0.1) is 0 Å². The molecule has 0 unspecified atom stereocenters. The van der Waals surface area contributed by atoms with Gasteiger partial charge in [-0.25, -0.2) is 9.59 Å². The average molecular weight is 544 g/mol. The summed E-state index contributed by atoms with van der Waals surface area (Å²) in [5.74, 6) is -0.399. The molecule has 4 rings (SSSR count). The van der Waals surface area contributed by atoms with Crippen molar-refractivity contribution >= 4 is 17.7 Å². The molecule has 0 aromatic heterocycles. The zero-order chi connectivity index (χ0) is 27.7. The maximum Gasteiger partial charge on any atom is 0.416 e. The molecule has 0 bridgehead atoms. The Morgan fingerprint density at radius 1 is 0.921 bits per heavy atom. The van der Waals surface area contributed by atoms with Crippen LogP contribution < -0.4 is 5.32 Å². The van der Waals surface area contributed by atoms with Crippen molar-refractivity contribution in [2.75, 3.05) is 51.7 Å². The maximum absolute atomic E-state index is 13.1. The van der Waals surface area contributed by atoms with Gasteiger partial charge in [-0.3, -0.25) is 9.80 Å². The lowest BCUT2D eigenvalue weighted by Gasteiger charge is -2.48. The first-order valence-corrected chi connectivity index (χ1v) is 11.8. The molecule has 0 radical (unpaired) electrons. The topological polar surface area (TPSA) is 65.1 Å². The van der Waals surface area contributed by atoms with E-state index in [0.717, 1.165) is 31.7 Å². The number of ether oxygens (including phenoxy) is 1. The number of carbonyl (C=O) groups excluding carboxylic acids is 2. The fourth-order valence-electron chi connectivity index (χ4n) is 4.54. The smallest absolute Gasteiger partial charge is 0.416 e. The number of esters is 1. The highest BCUT2D eigenvalue weighted by molar-refractivity contribution is 5.90. The summed E-state index contributed by atoms with van der Waals surface area (Å²) < 4.78 is 83.1. The van der Waals surface area contributed by atoms with E-state index in [-0.39, 0.29) is 12.1 Å². The molecule has 7 nitrogen and oxygen atoms in total. The van der Waals surface area contributed by atoms with Gasteiger partial charge in [-0.05, 0) is 35.9 Å². The van der Waals surface area contributed by atoms with E-state index in [4.69, 9.17) is 4.74 Å². The molecule has 2 heterocycles. The van der Waals surface area contributed by atoms with Gasteiger partial charge in [0, 0.05) is 57.5 Å². The van der Waals surface area contributed by atoms with Crippen molar-refractivity contribution < 1.29 is 40.7 Å². The van der Waals surface area contributed by atoms with Crippen LogP contribution in [0, 0.1) is 0 Å². The predicted octanol–water partition coefficient (Wildman–Crippen LogP) is 4.54. The molecule has 2 saturated heterocycles. The van der Waals surface area contributed by atoms with Gasteiger partial charge < -0.3 is 15.0 Å². The average Bonchev–Trinajstić information content (AvgIpc) is 2.82. The van der Waals surface area contributed by atoms with Gasteiger partial charge in [-0.2, -0.15) is 26.3 Å². The van der Waals surface area contributed by atoms with Gasteiger partial charge >= 0.3 is 24.4 Å². The number of methoxy groups -OCH3 is 1. The van der Waals surface area contributed by atoms with Gasteiger partial charge in [0.05, 0.1) is 23.8 Å². The van der Waals surface area contributed by atoms with Crippen LogP contribution in [0.1, 0.15) is 27.0 Å². The zero-order valence-corrected chi connectivity index (χ0v) is 20.4. The molecule has 0 saturated carbocycles. The fraction of sp³-hybridized carbons (Fsp3) is 0.440. The normalized spacial score (nSPS) is 17.7. The van der Waals surface area contributed by atoms with E-state index in [1.54, 1.807) is 18.2 Å². The lowest BCUT2D eigenvalue weighted by atomic mass is 10.1. The SMILES string of the molecule is COC(=O)c1cccc(CN2CCN(C3CN(C(=O)Nc4cc(C(F)(F)F)cc(C(F)(F)F)c4)C3)CC2)c1. The molecule has 0 atom stereocenters. The number of alkyl halides is 6. The molecule has 13 heteroatoms. The molecular weight excluding hydrogens is 518 g/mol. The van der Waals surface area contributed by atoms with Crippen molar-refractivity contribution in [2.24, 2.45) is 0 Å². The first-order valence-electron chi connectivity index (χ1n) is 11.8. The Morgan fingerprint density at radius 2 is 1.53 bits per heavy atom. The highest BCUT2D eigenvalue weighted by Gasteiger charge is 2.39. The number of nitrogens with zero attached hydrogens (tertiary/aromatic N) is 3. The number of urea groups is 1. The summed E-state index contributed by atoms with van der Waals surface area (Å²) in [7, 11) is 1.33. The molecule has 206 valence electrons. The van der Waals surface area contributed by atoms with Gasteiger partial charge in [0.25, 0.3) is 0 Å². The van der Waals surface area contributed by atoms with Crippen molar-refractivity contribution in [3.05, 3.63) is 64.7 Å². The molecule has 2 aliphatic rings. The number of nitrogens with one attached hydrogen (secondary N) is 1. The minimum absolute atomic E-state index is 0.0187. The Bertz CT molecular complexity index is 1140. The number of rotatable bonds is 5. The number of piperazine rings is 1. The van der Waals surface area contributed by atoms with Crippen LogP contribution in [0.2, 0.25) is 0 Å². The minimum Gasteiger partial charge on any atom is -0.465 e. The number of hydrogen-bond donors (Lipinski definition) is 1. The molecule has 2 fully saturated rings. The van der Waals surface area contributed by atoms with Crippen LogP contribution in [0.3, 0.4) is 0 Å². The van der Waals surface area contributed by atoms with Gasteiger partial charge in [0.2, 0.25) is 0 Å². The number of benzene rings is 2. The van der Waals surface area contributed by atoms with E-state index < -0.39 is 41.2 Å². The molecule has 2 amide bonds. The number of halogens is 6. The van der Waals surface area contributed by atoms with E-state index in [9.17, 15) is 35.9 Å².